The highest BCUT2D eigenvalue weighted by molar-refractivity contribution is 7.80. The number of halogens is 1. The molecule has 1 heterocycles. The van der Waals surface area contributed by atoms with Crippen molar-refractivity contribution in [3.63, 3.8) is 0 Å². The molecule has 1 aliphatic rings. The topological polar surface area (TPSA) is 84.4 Å². The van der Waals surface area contributed by atoms with E-state index in [0.717, 1.165) is 51.4 Å². The molecule has 1 saturated heterocycles. The van der Waals surface area contributed by atoms with Gasteiger partial charge in [0, 0.05) is 19.6 Å². The van der Waals surface area contributed by atoms with Crippen LogP contribution in [-0.4, -0.2) is 68.7 Å². The molecule has 2 N–H and O–H groups in total. The fourth-order valence-electron chi connectivity index (χ4n) is 3.13. The van der Waals surface area contributed by atoms with Crippen LogP contribution < -0.4 is 20.2 Å². The van der Waals surface area contributed by atoms with Crippen LogP contribution in [0.2, 0.25) is 0 Å². The Labute approximate surface area is 197 Å². The highest BCUT2D eigenvalue weighted by atomic mass is 32.1. The fraction of sp³-hybridized carbons (Fsp3) is 0.348. The first-order valence-corrected chi connectivity index (χ1v) is 11.0. The third kappa shape index (κ3) is 8.08. The van der Waals surface area contributed by atoms with Gasteiger partial charge in [-0.05, 0) is 73.2 Å². The Kier molecular flexibility index (Phi) is 9.55. The minimum atomic E-state index is -0.610. The minimum absolute atomic E-state index is 0.235. The highest BCUT2D eigenvalue weighted by Gasteiger charge is 2.13. The van der Waals surface area contributed by atoms with E-state index in [1.165, 1.54) is 31.4 Å². The molecule has 0 aliphatic carbocycles. The van der Waals surface area contributed by atoms with E-state index in [9.17, 15) is 9.18 Å². The van der Waals surface area contributed by atoms with E-state index >= 15 is 0 Å². The Morgan fingerprint density at radius 2 is 1.97 bits per heavy atom. The number of benzene rings is 2. The van der Waals surface area contributed by atoms with E-state index in [2.05, 4.69) is 20.7 Å². The number of ether oxygens (including phenoxy) is 3. The second-order valence-corrected chi connectivity index (χ2v) is 7.65. The molecule has 10 heteroatoms. The summed E-state index contributed by atoms with van der Waals surface area (Å²) in [6.45, 7) is 5.29. The van der Waals surface area contributed by atoms with Crippen LogP contribution in [0.3, 0.4) is 0 Å². The lowest BCUT2D eigenvalue weighted by atomic mass is 10.2. The fourth-order valence-corrected chi connectivity index (χ4v) is 3.28. The van der Waals surface area contributed by atoms with Crippen LogP contribution in [0, 0.1) is 5.82 Å². The van der Waals surface area contributed by atoms with Gasteiger partial charge in [-0.15, -0.1) is 0 Å². The molecule has 2 aromatic rings. The highest BCUT2D eigenvalue weighted by Crippen LogP contribution is 2.28. The number of carbonyl (C=O) groups excluding carboxylic acids is 1. The van der Waals surface area contributed by atoms with Crippen molar-refractivity contribution in [2.75, 3.05) is 46.5 Å². The van der Waals surface area contributed by atoms with E-state index < -0.39 is 11.8 Å². The number of rotatable bonds is 9. The molecule has 0 atom stereocenters. The number of esters is 1. The molecule has 0 spiro atoms. The monoisotopic (exact) mass is 474 g/mol. The first-order valence-electron chi connectivity index (χ1n) is 10.6. The van der Waals surface area contributed by atoms with Gasteiger partial charge in [-0.1, -0.05) is 0 Å². The summed E-state index contributed by atoms with van der Waals surface area (Å²) < 4.78 is 29.1. The van der Waals surface area contributed by atoms with Crippen LogP contribution in [0.5, 0.6) is 11.5 Å². The average molecular weight is 475 g/mol. The Morgan fingerprint density at radius 1 is 1.21 bits per heavy atom. The lowest BCUT2D eigenvalue weighted by Crippen LogP contribution is -2.39. The molecule has 1 fully saturated rings. The van der Waals surface area contributed by atoms with Crippen molar-refractivity contribution < 1.29 is 23.4 Å². The summed E-state index contributed by atoms with van der Waals surface area (Å²) >= 11 is 5.24. The van der Waals surface area contributed by atoms with Gasteiger partial charge in [0.2, 0.25) is 0 Å². The first-order chi connectivity index (χ1) is 16.0. The summed E-state index contributed by atoms with van der Waals surface area (Å²) in [6.07, 6.45) is 2.55. The van der Waals surface area contributed by atoms with Gasteiger partial charge in [0.05, 0.1) is 32.1 Å². The lowest BCUT2D eigenvalue weighted by Gasteiger charge is -2.26. The number of nitrogens with zero attached hydrogens (tertiary/aromatic N) is 2. The van der Waals surface area contributed by atoms with Crippen molar-refractivity contribution >= 4 is 29.5 Å². The molecule has 2 aromatic carbocycles. The largest absolute Gasteiger partial charge is 0.493 e. The summed E-state index contributed by atoms with van der Waals surface area (Å²) in [7, 11) is 1.47. The molecule has 0 radical (unpaired) electrons. The van der Waals surface area contributed by atoms with Gasteiger partial charge < -0.3 is 19.5 Å². The molecule has 0 unspecified atom stereocenters. The van der Waals surface area contributed by atoms with Crippen LogP contribution in [0.25, 0.3) is 0 Å². The molecule has 0 bridgehead atoms. The Bertz CT molecular complexity index is 965. The van der Waals surface area contributed by atoms with Crippen molar-refractivity contribution in [1.29, 1.82) is 0 Å². The van der Waals surface area contributed by atoms with Gasteiger partial charge >= 0.3 is 5.97 Å². The lowest BCUT2D eigenvalue weighted by molar-refractivity contribution is 0.0376. The standard InChI is InChI=1S/C23H27FN4O4S/c1-30-21-15-17(3-8-20(21)32-22(29)18-4-6-19(24)7-5-18)16-26-27-23(33)25-9-2-10-28-11-13-31-14-12-28/h3-8,15-16H,2,9-14H2,1H3,(H2,25,27,33)/b26-16+. The summed E-state index contributed by atoms with van der Waals surface area (Å²) in [4.78, 5) is 14.6. The Balaban J connectivity index is 1.44. The number of thiocarbonyl (C=S) groups is 1. The smallest absolute Gasteiger partial charge is 0.343 e. The zero-order valence-corrected chi connectivity index (χ0v) is 19.2. The maximum absolute atomic E-state index is 13.0. The summed E-state index contributed by atoms with van der Waals surface area (Å²) in [6, 6.07) is 10.1. The molecule has 0 amide bonds. The third-order valence-electron chi connectivity index (χ3n) is 4.89. The van der Waals surface area contributed by atoms with Gasteiger partial charge in [-0.2, -0.15) is 5.10 Å². The second-order valence-electron chi connectivity index (χ2n) is 7.24. The molecule has 33 heavy (non-hydrogen) atoms. The van der Waals surface area contributed by atoms with Crippen LogP contribution in [-0.2, 0) is 4.74 Å². The number of carbonyl (C=O) groups is 1. The summed E-state index contributed by atoms with van der Waals surface area (Å²) in [5.41, 5.74) is 3.73. The molecule has 1 aliphatic heterocycles. The zero-order valence-electron chi connectivity index (χ0n) is 18.4. The molecule has 8 nitrogen and oxygen atoms in total. The van der Waals surface area contributed by atoms with Gasteiger partial charge in [-0.25, -0.2) is 9.18 Å². The maximum Gasteiger partial charge on any atom is 0.343 e. The molecule has 176 valence electrons. The first kappa shape index (κ1) is 24.6. The van der Waals surface area contributed by atoms with Crippen LogP contribution in [0.1, 0.15) is 22.3 Å². The normalized spacial score (nSPS) is 14.1. The van der Waals surface area contributed by atoms with Crippen LogP contribution in [0.4, 0.5) is 4.39 Å². The van der Waals surface area contributed by atoms with Crippen LogP contribution >= 0.6 is 12.2 Å². The quantitative estimate of drug-likeness (QED) is 0.143. The summed E-state index contributed by atoms with van der Waals surface area (Å²) in [5, 5.41) is 7.69. The van der Waals surface area contributed by atoms with Gasteiger partial charge in [0.1, 0.15) is 5.82 Å². The molecule has 0 saturated carbocycles. The molecular weight excluding hydrogens is 447 g/mol. The summed E-state index contributed by atoms with van der Waals surface area (Å²) in [5.74, 6) is -0.432. The Hall–Kier alpha value is -3.08. The Morgan fingerprint density at radius 3 is 2.70 bits per heavy atom. The van der Waals surface area contributed by atoms with E-state index in [1.54, 1.807) is 24.4 Å². The molecular formula is C23H27FN4O4S. The van der Waals surface area contributed by atoms with Crippen LogP contribution in [0.15, 0.2) is 47.6 Å². The average Bonchev–Trinajstić information content (AvgIpc) is 2.83. The predicted molar refractivity (Wildman–Crippen MR) is 128 cm³/mol. The zero-order chi connectivity index (χ0) is 23.5. The van der Waals surface area contributed by atoms with Crippen molar-refractivity contribution in [3.05, 3.63) is 59.4 Å². The number of morpholine rings is 1. The number of methoxy groups -OCH3 is 1. The second kappa shape index (κ2) is 12.8. The van der Waals surface area contributed by atoms with E-state index in [-0.39, 0.29) is 11.3 Å². The van der Waals surface area contributed by atoms with Crippen molar-refractivity contribution in [3.8, 4) is 11.5 Å². The number of hydrazone groups is 1. The number of hydrogen-bond donors (Lipinski definition) is 2. The van der Waals surface area contributed by atoms with Gasteiger partial charge in [-0.3, -0.25) is 10.3 Å². The minimum Gasteiger partial charge on any atom is -0.493 e. The number of nitrogens with one attached hydrogen (secondary N) is 2. The van der Waals surface area contributed by atoms with E-state index in [1.807, 2.05) is 0 Å². The molecule has 0 aromatic heterocycles. The third-order valence-corrected chi connectivity index (χ3v) is 5.13. The van der Waals surface area contributed by atoms with Crippen molar-refractivity contribution in [1.82, 2.24) is 15.6 Å². The van der Waals surface area contributed by atoms with Crippen molar-refractivity contribution in [2.24, 2.45) is 5.10 Å². The maximum atomic E-state index is 13.0. The van der Waals surface area contributed by atoms with Gasteiger partial charge in [0.25, 0.3) is 0 Å². The predicted octanol–water partition coefficient (Wildman–Crippen LogP) is 2.57. The van der Waals surface area contributed by atoms with E-state index in [4.69, 9.17) is 26.4 Å². The SMILES string of the molecule is COc1cc(/C=N/NC(=S)NCCCN2CCOCC2)ccc1OC(=O)c1ccc(F)cc1. The van der Waals surface area contributed by atoms with Crippen molar-refractivity contribution in [2.45, 2.75) is 6.42 Å². The molecule has 3 rings (SSSR count). The van der Waals surface area contributed by atoms with Gasteiger partial charge in [0.15, 0.2) is 16.6 Å². The number of hydrogen-bond acceptors (Lipinski definition) is 7. The van der Waals surface area contributed by atoms with E-state index in [0.29, 0.717) is 10.9 Å².